The second-order valence-corrected chi connectivity index (χ2v) is 4.45. The molecule has 0 amide bonds. The lowest BCUT2D eigenvalue weighted by atomic mass is 10.1. The highest BCUT2D eigenvalue weighted by atomic mass is 16.5. The highest BCUT2D eigenvalue weighted by Crippen LogP contribution is 2.35. The molecule has 0 aliphatic heterocycles. The molecular formula is C16H22N2O2. The number of aromatic nitrogens is 1. The Kier molecular flexibility index (Phi) is 4.66. The minimum atomic E-state index is 0.609. The number of benzene rings is 1. The zero-order valence-corrected chi connectivity index (χ0v) is 12.6. The SMILES string of the molecule is CCOc1cc2nc(CC)cc(NC)c2cc1OCC. The minimum Gasteiger partial charge on any atom is -0.490 e. The van der Waals surface area contributed by atoms with E-state index < -0.39 is 0 Å². The van der Waals surface area contributed by atoms with Crippen molar-refractivity contribution in [2.75, 3.05) is 25.6 Å². The van der Waals surface area contributed by atoms with Crippen molar-refractivity contribution in [3.8, 4) is 11.5 Å². The maximum atomic E-state index is 5.67. The largest absolute Gasteiger partial charge is 0.490 e. The number of anilines is 1. The zero-order chi connectivity index (χ0) is 14.5. The molecule has 4 nitrogen and oxygen atoms in total. The third-order valence-electron chi connectivity index (χ3n) is 3.16. The van der Waals surface area contributed by atoms with Crippen LogP contribution in [0.3, 0.4) is 0 Å². The van der Waals surface area contributed by atoms with Gasteiger partial charge in [0.05, 0.1) is 18.7 Å². The summed E-state index contributed by atoms with van der Waals surface area (Å²) in [6.45, 7) is 7.26. The van der Waals surface area contributed by atoms with E-state index in [0.717, 1.165) is 40.2 Å². The molecule has 2 aromatic rings. The predicted molar refractivity (Wildman–Crippen MR) is 83.0 cm³/mol. The number of nitrogens with zero attached hydrogens (tertiary/aromatic N) is 1. The fourth-order valence-corrected chi connectivity index (χ4v) is 2.21. The van der Waals surface area contributed by atoms with E-state index in [1.807, 2.05) is 33.0 Å². The Balaban J connectivity index is 2.65. The van der Waals surface area contributed by atoms with E-state index in [1.54, 1.807) is 0 Å². The first-order valence-corrected chi connectivity index (χ1v) is 7.14. The van der Waals surface area contributed by atoms with Crippen molar-refractivity contribution in [2.24, 2.45) is 0 Å². The fraction of sp³-hybridized carbons (Fsp3) is 0.438. The molecule has 0 bridgehead atoms. The van der Waals surface area contributed by atoms with Gasteiger partial charge < -0.3 is 14.8 Å². The van der Waals surface area contributed by atoms with Crippen LogP contribution in [0.5, 0.6) is 11.5 Å². The summed E-state index contributed by atoms with van der Waals surface area (Å²) in [4.78, 5) is 4.67. The van der Waals surface area contributed by atoms with E-state index in [4.69, 9.17) is 9.47 Å². The number of pyridine rings is 1. The summed E-state index contributed by atoms with van der Waals surface area (Å²) >= 11 is 0. The van der Waals surface area contributed by atoms with Gasteiger partial charge in [0.1, 0.15) is 0 Å². The third kappa shape index (κ3) is 2.79. The van der Waals surface area contributed by atoms with Crippen LogP contribution in [0.15, 0.2) is 18.2 Å². The topological polar surface area (TPSA) is 43.4 Å². The van der Waals surface area contributed by atoms with Gasteiger partial charge in [0, 0.05) is 29.9 Å². The maximum absolute atomic E-state index is 5.67. The quantitative estimate of drug-likeness (QED) is 0.873. The molecule has 4 heteroatoms. The van der Waals surface area contributed by atoms with E-state index >= 15 is 0 Å². The Morgan fingerprint density at radius 2 is 1.65 bits per heavy atom. The van der Waals surface area contributed by atoms with Crippen molar-refractivity contribution in [3.63, 3.8) is 0 Å². The second-order valence-electron chi connectivity index (χ2n) is 4.45. The summed E-state index contributed by atoms with van der Waals surface area (Å²) in [5.41, 5.74) is 3.06. The Labute approximate surface area is 120 Å². The third-order valence-corrected chi connectivity index (χ3v) is 3.16. The molecule has 2 rings (SSSR count). The average Bonchev–Trinajstić information content (AvgIpc) is 2.47. The van der Waals surface area contributed by atoms with Crippen molar-refractivity contribution in [3.05, 3.63) is 23.9 Å². The van der Waals surface area contributed by atoms with Gasteiger partial charge in [-0.1, -0.05) is 6.92 Å². The lowest BCUT2D eigenvalue weighted by Gasteiger charge is -2.14. The van der Waals surface area contributed by atoms with Crippen molar-refractivity contribution < 1.29 is 9.47 Å². The van der Waals surface area contributed by atoms with Crippen LogP contribution in [0.2, 0.25) is 0 Å². The van der Waals surface area contributed by atoms with E-state index in [0.29, 0.717) is 13.2 Å². The van der Waals surface area contributed by atoms with Crippen LogP contribution >= 0.6 is 0 Å². The number of hydrogen-bond acceptors (Lipinski definition) is 4. The summed E-state index contributed by atoms with van der Waals surface area (Å²) < 4.78 is 11.3. The minimum absolute atomic E-state index is 0.609. The molecule has 0 atom stereocenters. The van der Waals surface area contributed by atoms with Gasteiger partial charge in [-0.25, -0.2) is 0 Å². The number of rotatable bonds is 6. The summed E-state index contributed by atoms with van der Waals surface area (Å²) in [7, 11) is 1.92. The molecule has 108 valence electrons. The number of hydrogen-bond donors (Lipinski definition) is 1. The Morgan fingerprint density at radius 3 is 2.20 bits per heavy atom. The van der Waals surface area contributed by atoms with E-state index in [1.165, 1.54) is 0 Å². The fourth-order valence-electron chi connectivity index (χ4n) is 2.21. The molecule has 1 aromatic heterocycles. The highest BCUT2D eigenvalue weighted by molar-refractivity contribution is 5.93. The predicted octanol–water partition coefficient (Wildman–Crippen LogP) is 3.64. The van der Waals surface area contributed by atoms with E-state index in [-0.39, 0.29) is 0 Å². The molecule has 0 aliphatic rings. The molecule has 0 radical (unpaired) electrons. The average molecular weight is 274 g/mol. The number of aryl methyl sites for hydroxylation is 1. The molecule has 1 heterocycles. The van der Waals surface area contributed by atoms with Gasteiger partial charge in [0.15, 0.2) is 11.5 Å². The van der Waals surface area contributed by atoms with Crippen LogP contribution in [0.1, 0.15) is 26.5 Å². The van der Waals surface area contributed by atoms with Crippen molar-refractivity contribution in [1.82, 2.24) is 4.98 Å². The van der Waals surface area contributed by atoms with Crippen molar-refractivity contribution in [1.29, 1.82) is 0 Å². The van der Waals surface area contributed by atoms with Crippen LogP contribution < -0.4 is 14.8 Å². The second kappa shape index (κ2) is 6.46. The van der Waals surface area contributed by atoms with E-state index in [9.17, 15) is 0 Å². The van der Waals surface area contributed by atoms with Crippen LogP contribution in [0.25, 0.3) is 10.9 Å². The van der Waals surface area contributed by atoms with Crippen molar-refractivity contribution in [2.45, 2.75) is 27.2 Å². The van der Waals surface area contributed by atoms with Gasteiger partial charge in [-0.15, -0.1) is 0 Å². The number of nitrogens with one attached hydrogen (secondary N) is 1. The van der Waals surface area contributed by atoms with Gasteiger partial charge in [0.2, 0.25) is 0 Å². The van der Waals surface area contributed by atoms with E-state index in [2.05, 4.69) is 23.3 Å². The molecule has 1 N–H and O–H groups in total. The van der Waals surface area contributed by atoms with Crippen LogP contribution in [0.4, 0.5) is 5.69 Å². The summed E-state index contributed by atoms with van der Waals surface area (Å²) in [5.74, 6) is 1.52. The summed E-state index contributed by atoms with van der Waals surface area (Å²) in [5, 5.41) is 4.28. The molecule has 0 saturated carbocycles. The molecule has 0 aliphatic carbocycles. The van der Waals surface area contributed by atoms with Gasteiger partial charge in [0.25, 0.3) is 0 Å². The standard InChI is InChI=1S/C16H22N2O2/c1-5-11-8-13(17-4)12-9-15(19-6-2)16(20-7-3)10-14(12)18-11/h8-10H,5-7H2,1-4H3,(H,17,18). The molecule has 0 saturated heterocycles. The lowest BCUT2D eigenvalue weighted by Crippen LogP contribution is -2.01. The normalized spacial score (nSPS) is 10.6. The summed E-state index contributed by atoms with van der Waals surface area (Å²) in [6, 6.07) is 6.05. The molecule has 0 spiro atoms. The number of fused-ring (bicyclic) bond motifs is 1. The first-order chi connectivity index (χ1) is 9.73. The van der Waals surface area contributed by atoms with Crippen LogP contribution in [-0.4, -0.2) is 25.2 Å². The molecule has 0 unspecified atom stereocenters. The van der Waals surface area contributed by atoms with Gasteiger partial charge in [-0.05, 0) is 32.4 Å². The van der Waals surface area contributed by atoms with Crippen LogP contribution in [0, 0.1) is 0 Å². The monoisotopic (exact) mass is 274 g/mol. The molecule has 1 aromatic carbocycles. The number of ether oxygens (including phenoxy) is 2. The smallest absolute Gasteiger partial charge is 0.163 e. The zero-order valence-electron chi connectivity index (χ0n) is 12.6. The Hall–Kier alpha value is -1.97. The van der Waals surface area contributed by atoms with Crippen molar-refractivity contribution >= 4 is 16.6 Å². The maximum Gasteiger partial charge on any atom is 0.163 e. The summed E-state index contributed by atoms with van der Waals surface area (Å²) in [6.07, 6.45) is 0.905. The van der Waals surface area contributed by atoms with Gasteiger partial charge in [-0.2, -0.15) is 0 Å². The molecule has 0 fully saturated rings. The van der Waals surface area contributed by atoms with Crippen LogP contribution in [-0.2, 0) is 6.42 Å². The first kappa shape index (κ1) is 14.4. The highest BCUT2D eigenvalue weighted by Gasteiger charge is 2.11. The molecular weight excluding hydrogens is 252 g/mol. The van der Waals surface area contributed by atoms with Gasteiger partial charge >= 0.3 is 0 Å². The lowest BCUT2D eigenvalue weighted by molar-refractivity contribution is 0.288. The molecule has 20 heavy (non-hydrogen) atoms. The Morgan fingerprint density at radius 1 is 1.00 bits per heavy atom. The Bertz CT molecular complexity index is 597. The van der Waals surface area contributed by atoms with Gasteiger partial charge in [-0.3, -0.25) is 4.98 Å². The first-order valence-electron chi connectivity index (χ1n) is 7.14.